The number of benzene rings is 1. The van der Waals surface area contributed by atoms with Gasteiger partial charge in [-0.2, -0.15) is 10.4 Å². The summed E-state index contributed by atoms with van der Waals surface area (Å²) in [5.74, 6) is 1.18. The summed E-state index contributed by atoms with van der Waals surface area (Å²) in [6, 6.07) is 6.32. The fourth-order valence-electron chi connectivity index (χ4n) is 3.35. The van der Waals surface area contributed by atoms with Gasteiger partial charge in [0.05, 0.1) is 37.4 Å². The summed E-state index contributed by atoms with van der Waals surface area (Å²) in [5.41, 5.74) is 1.48. The van der Waals surface area contributed by atoms with Crippen molar-refractivity contribution in [1.29, 1.82) is 5.26 Å². The molecule has 2 aromatic heterocycles. The molecule has 1 saturated carbocycles. The molecule has 1 fully saturated rings. The van der Waals surface area contributed by atoms with E-state index in [-0.39, 0.29) is 11.1 Å². The molecular weight excluding hydrogens is 401 g/mol. The van der Waals surface area contributed by atoms with Crippen LogP contribution in [0.1, 0.15) is 18.5 Å². The molecule has 1 aromatic carbocycles. The minimum atomic E-state index is -0.445. The normalized spacial score (nSPS) is 14.0. The van der Waals surface area contributed by atoms with Gasteiger partial charge in [0, 0.05) is 30.2 Å². The number of rotatable bonds is 9. The molecule has 0 spiro atoms. The molecule has 31 heavy (non-hydrogen) atoms. The zero-order valence-electron chi connectivity index (χ0n) is 17.2. The van der Waals surface area contributed by atoms with Gasteiger partial charge in [-0.3, -0.25) is 5.10 Å². The van der Waals surface area contributed by atoms with E-state index in [4.69, 9.17) is 14.7 Å². The second kappa shape index (κ2) is 8.57. The Bertz CT molecular complexity index is 1100. The Kier molecular flexibility index (Phi) is 5.68. The zero-order chi connectivity index (χ0) is 21.8. The average Bonchev–Trinajstić information content (AvgIpc) is 3.40. The van der Waals surface area contributed by atoms with E-state index in [0.29, 0.717) is 41.0 Å². The number of hydrogen-bond donors (Lipinski definition) is 3. The van der Waals surface area contributed by atoms with Crippen LogP contribution in [0.4, 0.5) is 16.0 Å². The Hall–Kier alpha value is -3.71. The Labute approximate surface area is 178 Å². The van der Waals surface area contributed by atoms with Gasteiger partial charge in [-0.15, -0.1) is 0 Å². The van der Waals surface area contributed by atoms with E-state index in [1.54, 1.807) is 6.07 Å². The monoisotopic (exact) mass is 423 g/mol. The van der Waals surface area contributed by atoms with Crippen molar-refractivity contribution >= 4 is 11.6 Å². The molecule has 0 aliphatic heterocycles. The molecule has 0 saturated heterocycles. The lowest BCUT2D eigenvalue weighted by Gasteiger charge is -2.19. The molecule has 9 nitrogen and oxygen atoms in total. The Balaban J connectivity index is 1.60. The second-order valence-electron chi connectivity index (χ2n) is 7.49. The number of H-pyrrole nitrogens is 1. The molecule has 160 valence electrons. The first-order valence-corrected chi connectivity index (χ1v) is 9.76. The maximum atomic E-state index is 14.2. The summed E-state index contributed by atoms with van der Waals surface area (Å²) < 4.78 is 25.7. The number of hydrogen-bond acceptors (Lipinski definition) is 8. The maximum absolute atomic E-state index is 14.2. The van der Waals surface area contributed by atoms with Gasteiger partial charge in [0.25, 0.3) is 0 Å². The van der Waals surface area contributed by atoms with Gasteiger partial charge in [-0.25, -0.2) is 14.4 Å². The molecule has 3 N–H and O–H groups in total. The summed E-state index contributed by atoms with van der Waals surface area (Å²) in [5, 5.41) is 22.2. The number of aromatic amines is 1. The fraction of sp³-hybridized carbons (Fsp3) is 0.333. The van der Waals surface area contributed by atoms with Gasteiger partial charge in [0.1, 0.15) is 29.2 Å². The number of nitrogens with zero attached hydrogens (tertiary/aromatic N) is 4. The topological polar surface area (TPSA) is 121 Å². The Morgan fingerprint density at radius 1 is 1.19 bits per heavy atom. The van der Waals surface area contributed by atoms with Crippen molar-refractivity contribution in [3.05, 3.63) is 42.1 Å². The van der Waals surface area contributed by atoms with Crippen molar-refractivity contribution in [2.45, 2.75) is 12.8 Å². The highest BCUT2D eigenvalue weighted by Gasteiger charge is 2.43. The van der Waals surface area contributed by atoms with Crippen LogP contribution in [0.3, 0.4) is 0 Å². The van der Waals surface area contributed by atoms with Crippen molar-refractivity contribution in [1.82, 2.24) is 25.5 Å². The van der Waals surface area contributed by atoms with Gasteiger partial charge >= 0.3 is 0 Å². The van der Waals surface area contributed by atoms with Crippen molar-refractivity contribution < 1.29 is 13.9 Å². The van der Waals surface area contributed by atoms with Crippen molar-refractivity contribution in [2.24, 2.45) is 5.41 Å². The first-order valence-electron chi connectivity index (χ1n) is 9.76. The minimum Gasteiger partial charge on any atom is -0.496 e. The van der Waals surface area contributed by atoms with Gasteiger partial charge in [-0.1, -0.05) is 0 Å². The summed E-state index contributed by atoms with van der Waals surface area (Å²) in [7, 11) is 3.39. The molecule has 2 heterocycles. The average molecular weight is 423 g/mol. The minimum absolute atomic E-state index is 0.0839. The molecule has 1 aliphatic rings. The smallest absolute Gasteiger partial charge is 0.158 e. The number of nitriles is 1. The van der Waals surface area contributed by atoms with Crippen LogP contribution in [0.2, 0.25) is 0 Å². The molecule has 4 rings (SSSR count). The predicted octanol–water partition coefficient (Wildman–Crippen LogP) is 3.01. The van der Waals surface area contributed by atoms with E-state index >= 15 is 0 Å². The second-order valence-corrected chi connectivity index (χ2v) is 7.49. The first-order chi connectivity index (χ1) is 15.1. The number of methoxy groups -OCH3 is 1. The summed E-state index contributed by atoms with van der Waals surface area (Å²) in [6.45, 7) is 1.33. The van der Waals surface area contributed by atoms with Crippen LogP contribution in [0.25, 0.3) is 11.3 Å². The van der Waals surface area contributed by atoms with Gasteiger partial charge < -0.3 is 20.1 Å². The summed E-state index contributed by atoms with van der Waals surface area (Å²) in [6.07, 6.45) is 4.94. The van der Waals surface area contributed by atoms with E-state index in [1.165, 1.54) is 31.6 Å². The number of aromatic nitrogens is 4. The third-order valence-electron chi connectivity index (χ3n) is 5.16. The zero-order valence-corrected chi connectivity index (χ0v) is 17.2. The van der Waals surface area contributed by atoms with Crippen molar-refractivity contribution in [2.75, 3.05) is 32.6 Å². The molecule has 0 bridgehead atoms. The van der Waals surface area contributed by atoms with E-state index in [0.717, 1.165) is 19.4 Å². The lowest BCUT2D eigenvalue weighted by Crippen LogP contribution is -2.25. The van der Waals surface area contributed by atoms with Gasteiger partial charge in [-0.05, 0) is 19.9 Å². The van der Waals surface area contributed by atoms with Gasteiger partial charge in [0.2, 0.25) is 0 Å². The SMILES string of the molecule is CNCC1(COc2cc(F)cc(OC)c2-c2cc(Nc3cnc(C#N)cn3)n[nH]2)CC1. The van der Waals surface area contributed by atoms with Crippen LogP contribution < -0.4 is 20.1 Å². The van der Waals surface area contributed by atoms with Crippen LogP contribution in [0, 0.1) is 22.6 Å². The van der Waals surface area contributed by atoms with Crippen molar-refractivity contribution in [3.63, 3.8) is 0 Å². The standard InChI is InChI=1S/C21H22FN7O2/c1-24-11-21(3-4-21)12-31-17-6-13(22)5-16(30-2)20(17)15-7-18(29-28-15)27-19-10-25-14(8-23)9-26-19/h5-7,9-10,24H,3-4,11-12H2,1-2H3,(H2,26,27,28,29). The van der Waals surface area contributed by atoms with Crippen LogP contribution in [0.15, 0.2) is 30.6 Å². The molecule has 1 aliphatic carbocycles. The third kappa shape index (κ3) is 4.57. The van der Waals surface area contributed by atoms with E-state index in [9.17, 15) is 4.39 Å². The largest absolute Gasteiger partial charge is 0.496 e. The molecule has 0 unspecified atom stereocenters. The van der Waals surface area contributed by atoms with Crippen molar-refractivity contribution in [3.8, 4) is 28.8 Å². The van der Waals surface area contributed by atoms with E-state index in [2.05, 4.69) is 30.8 Å². The van der Waals surface area contributed by atoms with Crippen LogP contribution in [-0.2, 0) is 0 Å². The number of nitrogens with one attached hydrogen (secondary N) is 3. The number of ether oxygens (including phenoxy) is 2. The molecule has 0 atom stereocenters. The predicted molar refractivity (Wildman–Crippen MR) is 112 cm³/mol. The van der Waals surface area contributed by atoms with E-state index in [1.807, 2.05) is 13.1 Å². The number of anilines is 2. The molecule has 0 radical (unpaired) electrons. The lowest BCUT2D eigenvalue weighted by molar-refractivity contribution is 0.231. The summed E-state index contributed by atoms with van der Waals surface area (Å²) in [4.78, 5) is 8.08. The van der Waals surface area contributed by atoms with Crippen LogP contribution >= 0.6 is 0 Å². The highest BCUT2D eigenvalue weighted by Crippen LogP contribution is 2.46. The highest BCUT2D eigenvalue weighted by molar-refractivity contribution is 5.76. The lowest BCUT2D eigenvalue weighted by atomic mass is 10.1. The molecule has 10 heteroatoms. The Morgan fingerprint density at radius 2 is 2.00 bits per heavy atom. The molecule has 0 amide bonds. The van der Waals surface area contributed by atoms with Crippen LogP contribution in [0.5, 0.6) is 11.5 Å². The highest BCUT2D eigenvalue weighted by atomic mass is 19.1. The van der Waals surface area contributed by atoms with Crippen LogP contribution in [-0.4, -0.2) is 47.5 Å². The van der Waals surface area contributed by atoms with E-state index < -0.39 is 5.82 Å². The summed E-state index contributed by atoms with van der Waals surface area (Å²) >= 11 is 0. The first kappa shape index (κ1) is 20.6. The molecular formula is C21H22FN7O2. The maximum Gasteiger partial charge on any atom is 0.158 e. The molecule has 3 aromatic rings. The van der Waals surface area contributed by atoms with Gasteiger partial charge in [0.15, 0.2) is 11.5 Å². The third-order valence-corrected chi connectivity index (χ3v) is 5.16. The quantitative estimate of drug-likeness (QED) is 0.480. The Morgan fingerprint density at radius 3 is 2.65 bits per heavy atom. The number of halogens is 1. The fourth-order valence-corrected chi connectivity index (χ4v) is 3.35.